The van der Waals surface area contributed by atoms with Crippen molar-refractivity contribution in [2.45, 2.75) is 25.7 Å². The number of rotatable bonds is 7. The van der Waals surface area contributed by atoms with Gasteiger partial charge in [-0.15, -0.1) is 0 Å². The summed E-state index contributed by atoms with van der Waals surface area (Å²) in [7, 11) is -1.10. The van der Waals surface area contributed by atoms with Crippen molar-refractivity contribution in [2.24, 2.45) is 0 Å². The first-order valence-corrected chi connectivity index (χ1v) is 10.5. The van der Waals surface area contributed by atoms with Gasteiger partial charge in [0.2, 0.25) is 0 Å². The Kier molecular flexibility index (Phi) is 8.22. The summed E-state index contributed by atoms with van der Waals surface area (Å²) in [5.41, 5.74) is 0.894. The van der Waals surface area contributed by atoms with Gasteiger partial charge >= 0.3 is 5.97 Å². The minimum absolute atomic E-state index is 0. The maximum absolute atomic E-state index is 11.6. The van der Waals surface area contributed by atoms with E-state index in [1.54, 1.807) is 0 Å². The SMILES string of the molecule is CCCC(C(=O)O)c1ccc([PH+](c2ccccc2)c2ccccc2)cc1.[Br-]. The maximum atomic E-state index is 11.6. The first-order valence-electron chi connectivity index (χ1n) is 9.01. The zero-order valence-corrected chi connectivity index (χ0v) is 17.9. The summed E-state index contributed by atoms with van der Waals surface area (Å²) < 4.78 is 0. The third kappa shape index (κ3) is 5.28. The van der Waals surface area contributed by atoms with Crippen LogP contribution in [0.15, 0.2) is 84.9 Å². The van der Waals surface area contributed by atoms with Crippen LogP contribution < -0.4 is 32.9 Å². The van der Waals surface area contributed by atoms with E-state index in [0.717, 1.165) is 12.0 Å². The number of hydrogen-bond donors (Lipinski definition) is 1. The molecule has 0 aliphatic rings. The Hall–Kier alpha value is -1.96. The van der Waals surface area contributed by atoms with Crippen molar-refractivity contribution in [3.63, 3.8) is 0 Å². The molecule has 0 spiro atoms. The Balaban J connectivity index is 0.00000261. The molecule has 0 aliphatic carbocycles. The summed E-state index contributed by atoms with van der Waals surface area (Å²) in [6.07, 6.45) is 1.53. The maximum Gasteiger partial charge on any atom is 0.310 e. The topological polar surface area (TPSA) is 37.3 Å². The lowest BCUT2D eigenvalue weighted by Crippen LogP contribution is -3.00. The monoisotopic (exact) mass is 442 g/mol. The summed E-state index contributed by atoms with van der Waals surface area (Å²) in [5.74, 6) is -1.16. The predicted molar refractivity (Wildman–Crippen MR) is 112 cm³/mol. The van der Waals surface area contributed by atoms with Crippen molar-refractivity contribution >= 4 is 29.8 Å². The van der Waals surface area contributed by atoms with E-state index in [-0.39, 0.29) is 17.0 Å². The quantitative estimate of drug-likeness (QED) is 0.557. The summed E-state index contributed by atoms with van der Waals surface area (Å²) in [6.45, 7) is 2.02. The number of aliphatic carboxylic acids is 1. The molecule has 0 amide bonds. The molecule has 0 saturated heterocycles. The van der Waals surface area contributed by atoms with Crippen LogP contribution in [0.3, 0.4) is 0 Å². The average molecular weight is 443 g/mol. The molecule has 0 bridgehead atoms. The van der Waals surface area contributed by atoms with Gasteiger partial charge in [0.25, 0.3) is 0 Å². The van der Waals surface area contributed by atoms with Crippen LogP contribution in [-0.4, -0.2) is 11.1 Å². The fourth-order valence-corrected chi connectivity index (χ4v) is 5.86. The Bertz CT molecular complexity index is 796. The number of halogens is 1. The third-order valence-electron chi connectivity index (χ3n) is 4.60. The van der Waals surface area contributed by atoms with E-state index in [1.165, 1.54) is 15.9 Å². The van der Waals surface area contributed by atoms with Crippen molar-refractivity contribution in [3.8, 4) is 0 Å². The molecule has 0 fully saturated rings. The lowest BCUT2D eigenvalue weighted by atomic mass is 9.95. The van der Waals surface area contributed by atoms with Crippen molar-refractivity contribution < 1.29 is 26.9 Å². The molecule has 0 saturated carbocycles. The van der Waals surface area contributed by atoms with Gasteiger partial charge < -0.3 is 22.1 Å². The van der Waals surface area contributed by atoms with E-state index in [4.69, 9.17) is 0 Å². The Labute approximate surface area is 172 Å². The normalized spacial score (nSPS) is 11.6. The van der Waals surface area contributed by atoms with Gasteiger partial charge in [-0.3, -0.25) is 4.79 Å². The average Bonchev–Trinajstić information content (AvgIpc) is 2.68. The lowest BCUT2D eigenvalue weighted by Gasteiger charge is -2.14. The summed E-state index contributed by atoms with van der Waals surface area (Å²) >= 11 is 0. The molecule has 0 heterocycles. The van der Waals surface area contributed by atoms with Crippen LogP contribution in [0, 0.1) is 0 Å². The smallest absolute Gasteiger partial charge is 0.310 e. The third-order valence-corrected chi connectivity index (χ3v) is 7.33. The highest BCUT2D eigenvalue weighted by Crippen LogP contribution is 2.33. The zero-order valence-electron chi connectivity index (χ0n) is 15.3. The minimum atomic E-state index is -1.10. The van der Waals surface area contributed by atoms with Crippen LogP contribution in [-0.2, 0) is 4.79 Å². The molecule has 2 nitrogen and oxygen atoms in total. The number of carboxylic acid groups (broad SMARTS) is 1. The number of hydrogen-bond acceptors (Lipinski definition) is 1. The summed E-state index contributed by atoms with van der Waals surface area (Å²) in [4.78, 5) is 11.6. The van der Waals surface area contributed by atoms with Crippen molar-refractivity contribution in [3.05, 3.63) is 90.5 Å². The Morgan fingerprint density at radius 1 is 0.815 bits per heavy atom. The molecule has 3 aromatic carbocycles. The van der Waals surface area contributed by atoms with Crippen LogP contribution in [0.25, 0.3) is 0 Å². The number of carbonyl (C=O) groups is 1. The Morgan fingerprint density at radius 3 is 1.67 bits per heavy atom. The van der Waals surface area contributed by atoms with Gasteiger partial charge in [0.15, 0.2) is 0 Å². The molecule has 0 aliphatic heterocycles. The van der Waals surface area contributed by atoms with Crippen LogP contribution in [0.5, 0.6) is 0 Å². The summed E-state index contributed by atoms with van der Waals surface area (Å²) in [6, 6.07) is 29.4. The van der Waals surface area contributed by atoms with Crippen LogP contribution >= 0.6 is 7.92 Å². The molecule has 140 valence electrons. The molecule has 1 N–H and O–H groups in total. The fourth-order valence-electron chi connectivity index (χ4n) is 3.31. The second-order valence-corrected chi connectivity index (χ2v) is 8.89. The van der Waals surface area contributed by atoms with Gasteiger partial charge in [-0.1, -0.05) is 61.9 Å². The standard InChI is InChI=1S/C23H23O2P.BrH/c1-2-9-22(23(24)25)18-14-16-21(17-15-18)26(19-10-5-3-6-11-19)20-12-7-4-8-13-20;/h3-8,10-17,22H,2,9H2,1H3,(H,24,25);1H. The molecule has 0 radical (unpaired) electrons. The highest BCUT2D eigenvalue weighted by molar-refractivity contribution is 7.79. The van der Waals surface area contributed by atoms with E-state index >= 15 is 0 Å². The molecule has 1 unspecified atom stereocenters. The molecule has 3 aromatic rings. The van der Waals surface area contributed by atoms with Gasteiger partial charge in [0.05, 0.1) is 13.8 Å². The highest BCUT2D eigenvalue weighted by Gasteiger charge is 2.26. The van der Waals surface area contributed by atoms with Gasteiger partial charge in [0.1, 0.15) is 15.9 Å². The second kappa shape index (κ2) is 10.4. The molecular formula is C23H24BrO2P. The van der Waals surface area contributed by atoms with Gasteiger partial charge in [0, 0.05) is 0 Å². The fraction of sp³-hybridized carbons (Fsp3) is 0.174. The molecule has 27 heavy (non-hydrogen) atoms. The van der Waals surface area contributed by atoms with Crippen molar-refractivity contribution in [1.29, 1.82) is 0 Å². The minimum Gasteiger partial charge on any atom is -1.00 e. The zero-order chi connectivity index (χ0) is 18.4. The van der Waals surface area contributed by atoms with Crippen LogP contribution in [0.4, 0.5) is 0 Å². The lowest BCUT2D eigenvalue weighted by molar-refractivity contribution is -0.139. The van der Waals surface area contributed by atoms with Crippen molar-refractivity contribution in [2.75, 3.05) is 0 Å². The first kappa shape index (κ1) is 21.3. The van der Waals surface area contributed by atoms with E-state index in [2.05, 4.69) is 60.7 Å². The predicted octanol–water partition coefficient (Wildman–Crippen LogP) is 1.15. The number of benzene rings is 3. The second-order valence-electron chi connectivity index (χ2n) is 6.41. The van der Waals surface area contributed by atoms with Gasteiger partial charge in [-0.25, -0.2) is 0 Å². The molecule has 4 heteroatoms. The summed E-state index contributed by atoms with van der Waals surface area (Å²) in [5, 5.41) is 13.4. The van der Waals surface area contributed by atoms with E-state index < -0.39 is 19.8 Å². The highest BCUT2D eigenvalue weighted by atomic mass is 79.9. The first-order chi connectivity index (χ1) is 12.7. The van der Waals surface area contributed by atoms with Crippen LogP contribution in [0.2, 0.25) is 0 Å². The van der Waals surface area contributed by atoms with Gasteiger partial charge in [-0.05, 0) is 48.4 Å². The van der Waals surface area contributed by atoms with Crippen LogP contribution in [0.1, 0.15) is 31.2 Å². The van der Waals surface area contributed by atoms with E-state index in [9.17, 15) is 9.90 Å². The van der Waals surface area contributed by atoms with E-state index in [0.29, 0.717) is 6.42 Å². The van der Waals surface area contributed by atoms with E-state index in [1.807, 2.05) is 31.2 Å². The largest absolute Gasteiger partial charge is 1.00 e. The Morgan fingerprint density at radius 2 is 1.26 bits per heavy atom. The van der Waals surface area contributed by atoms with Gasteiger partial charge in [-0.2, -0.15) is 0 Å². The molecule has 0 aromatic heterocycles. The molecule has 1 atom stereocenters. The van der Waals surface area contributed by atoms with Crippen molar-refractivity contribution in [1.82, 2.24) is 0 Å². The molecule has 3 rings (SSSR count). The molecular weight excluding hydrogens is 419 g/mol. The number of carboxylic acids is 1.